The van der Waals surface area contributed by atoms with Gasteiger partial charge in [0.25, 0.3) is 0 Å². The van der Waals surface area contributed by atoms with E-state index in [-0.39, 0.29) is 5.97 Å². The Hall–Kier alpha value is -3.46. The molecule has 0 saturated carbocycles. The first-order valence-electron chi connectivity index (χ1n) is 8.81. The van der Waals surface area contributed by atoms with E-state index >= 15 is 0 Å². The molecule has 0 fully saturated rings. The van der Waals surface area contributed by atoms with Crippen molar-refractivity contribution in [2.24, 2.45) is 0 Å². The topological polar surface area (TPSA) is 39.2 Å². The van der Waals surface area contributed by atoms with Crippen molar-refractivity contribution in [1.29, 1.82) is 0 Å². The number of carbonyl (C=O) groups excluding carboxylic acids is 1. The van der Waals surface area contributed by atoms with E-state index in [1.165, 1.54) is 7.11 Å². The van der Waals surface area contributed by atoms with Crippen LogP contribution in [0.3, 0.4) is 0 Å². The second-order valence-corrected chi connectivity index (χ2v) is 6.52. The van der Waals surface area contributed by atoms with Crippen LogP contribution >= 0.6 is 0 Å². The van der Waals surface area contributed by atoms with Crippen LogP contribution in [0.5, 0.6) is 0 Å². The standard InChI is InChI=1S/C24H19NO2/c1-16-8-13-22-20(14-16)15-21(24(26)27-2)23(25-22)19-11-9-18(10-12-19)17-6-4-3-5-7-17/h3-15H,1-2H3. The normalized spacial score (nSPS) is 10.7. The fourth-order valence-corrected chi connectivity index (χ4v) is 3.23. The molecule has 0 amide bonds. The van der Waals surface area contributed by atoms with Crippen molar-refractivity contribution in [2.75, 3.05) is 7.11 Å². The Morgan fingerprint density at radius 2 is 1.48 bits per heavy atom. The quantitative estimate of drug-likeness (QED) is 0.446. The van der Waals surface area contributed by atoms with E-state index in [0.717, 1.165) is 33.2 Å². The molecule has 0 unspecified atom stereocenters. The van der Waals surface area contributed by atoms with Gasteiger partial charge >= 0.3 is 5.97 Å². The Morgan fingerprint density at radius 3 is 2.19 bits per heavy atom. The van der Waals surface area contributed by atoms with Crippen molar-refractivity contribution in [3.63, 3.8) is 0 Å². The molecule has 0 radical (unpaired) electrons. The van der Waals surface area contributed by atoms with Gasteiger partial charge in [-0.2, -0.15) is 0 Å². The van der Waals surface area contributed by atoms with Gasteiger partial charge in [0.1, 0.15) is 0 Å². The van der Waals surface area contributed by atoms with Crippen molar-refractivity contribution in [3.8, 4) is 22.4 Å². The maximum absolute atomic E-state index is 12.4. The molecular weight excluding hydrogens is 334 g/mol. The molecule has 0 aliphatic carbocycles. The van der Waals surface area contributed by atoms with Gasteiger partial charge in [0.05, 0.1) is 23.9 Å². The summed E-state index contributed by atoms with van der Waals surface area (Å²) in [6.45, 7) is 2.02. The molecule has 1 heterocycles. The fourth-order valence-electron chi connectivity index (χ4n) is 3.23. The molecule has 4 aromatic rings. The second-order valence-electron chi connectivity index (χ2n) is 6.52. The van der Waals surface area contributed by atoms with Gasteiger partial charge in [-0.05, 0) is 36.2 Å². The summed E-state index contributed by atoms with van der Waals surface area (Å²) in [6, 6.07) is 26.2. The first kappa shape index (κ1) is 17.0. The highest BCUT2D eigenvalue weighted by Crippen LogP contribution is 2.29. The summed E-state index contributed by atoms with van der Waals surface area (Å²) in [5, 5.41) is 0.931. The number of aryl methyl sites for hydroxylation is 1. The molecule has 3 nitrogen and oxygen atoms in total. The fraction of sp³-hybridized carbons (Fsp3) is 0.0833. The number of methoxy groups -OCH3 is 1. The first-order chi connectivity index (χ1) is 13.2. The van der Waals surface area contributed by atoms with E-state index in [9.17, 15) is 4.79 Å². The summed E-state index contributed by atoms with van der Waals surface area (Å²) >= 11 is 0. The van der Waals surface area contributed by atoms with E-state index in [2.05, 4.69) is 12.1 Å². The van der Waals surface area contributed by atoms with Crippen LogP contribution in [-0.4, -0.2) is 18.1 Å². The third kappa shape index (κ3) is 3.32. The molecule has 27 heavy (non-hydrogen) atoms. The molecule has 3 heteroatoms. The number of aromatic nitrogens is 1. The number of rotatable bonds is 3. The Bertz CT molecular complexity index is 1120. The molecule has 3 aromatic carbocycles. The Labute approximate surface area is 158 Å². The molecule has 0 aliphatic heterocycles. The van der Waals surface area contributed by atoms with Crippen LogP contribution in [0, 0.1) is 6.92 Å². The van der Waals surface area contributed by atoms with Gasteiger partial charge in [-0.25, -0.2) is 9.78 Å². The van der Waals surface area contributed by atoms with E-state index in [0.29, 0.717) is 11.3 Å². The molecule has 1 aromatic heterocycles. The maximum atomic E-state index is 12.4. The molecule has 4 rings (SSSR count). The first-order valence-corrected chi connectivity index (χ1v) is 8.81. The molecule has 0 atom stereocenters. The number of nitrogens with zero attached hydrogens (tertiary/aromatic N) is 1. The molecule has 0 bridgehead atoms. The van der Waals surface area contributed by atoms with Crippen LogP contribution in [0.15, 0.2) is 78.9 Å². The summed E-state index contributed by atoms with van der Waals surface area (Å²) in [6.07, 6.45) is 0. The molecule has 0 aliphatic rings. The number of hydrogen-bond donors (Lipinski definition) is 0. The zero-order valence-electron chi connectivity index (χ0n) is 15.3. The highest BCUT2D eigenvalue weighted by Gasteiger charge is 2.16. The van der Waals surface area contributed by atoms with Crippen molar-refractivity contribution >= 4 is 16.9 Å². The largest absolute Gasteiger partial charge is 0.465 e. The number of ether oxygens (including phenoxy) is 1. The van der Waals surface area contributed by atoms with E-state index in [1.807, 2.05) is 73.7 Å². The lowest BCUT2D eigenvalue weighted by atomic mass is 9.99. The van der Waals surface area contributed by atoms with Crippen molar-refractivity contribution in [3.05, 3.63) is 90.0 Å². The van der Waals surface area contributed by atoms with Gasteiger partial charge in [-0.3, -0.25) is 0 Å². The van der Waals surface area contributed by atoms with Crippen LogP contribution < -0.4 is 0 Å². The SMILES string of the molecule is COC(=O)c1cc2cc(C)ccc2nc1-c1ccc(-c2ccccc2)cc1. The second kappa shape index (κ2) is 7.04. The van der Waals surface area contributed by atoms with Crippen molar-refractivity contribution in [1.82, 2.24) is 4.98 Å². The molecule has 0 N–H and O–H groups in total. The summed E-state index contributed by atoms with van der Waals surface area (Å²) < 4.78 is 4.99. The minimum absolute atomic E-state index is 0.381. The minimum atomic E-state index is -0.381. The van der Waals surface area contributed by atoms with Gasteiger partial charge in [0.15, 0.2) is 0 Å². The lowest BCUT2D eigenvalue weighted by Crippen LogP contribution is -2.05. The van der Waals surface area contributed by atoms with E-state index in [4.69, 9.17) is 9.72 Å². The smallest absolute Gasteiger partial charge is 0.340 e. The number of carbonyl (C=O) groups is 1. The van der Waals surface area contributed by atoms with Crippen molar-refractivity contribution < 1.29 is 9.53 Å². The van der Waals surface area contributed by atoms with E-state index in [1.54, 1.807) is 0 Å². The van der Waals surface area contributed by atoms with Crippen LogP contribution in [0.4, 0.5) is 0 Å². The minimum Gasteiger partial charge on any atom is -0.465 e. The molecular formula is C24H19NO2. The summed E-state index contributed by atoms with van der Waals surface area (Å²) in [5.41, 5.74) is 6.25. The van der Waals surface area contributed by atoms with Gasteiger partial charge < -0.3 is 4.74 Å². The third-order valence-corrected chi connectivity index (χ3v) is 4.64. The predicted molar refractivity (Wildman–Crippen MR) is 109 cm³/mol. The molecule has 0 spiro atoms. The predicted octanol–water partition coefficient (Wildman–Crippen LogP) is 5.66. The van der Waals surface area contributed by atoms with Gasteiger partial charge in [0.2, 0.25) is 0 Å². The van der Waals surface area contributed by atoms with Crippen LogP contribution in [0.1, 0.15) is 15.9 Å². The molecule has 132 valence electrons. The van der Waals surface area contributed by atoms with Crippen LogP contribution in [0.2, 0.25) is 0 Å². The number of pyridine rings is 1. The number of fused-ring (bicyclic) bond motifs is 1. The lowest BCUT2D eigenvalue weighted by Gasteiger charge is -2.11. The van der Waals surface area contributed by atoms with Crippen molar-refractivity contribution in [2.45, 2.75) is 6.92 Å². The summed E-state index contributed by atoms with van der Waals surface area (Å²) in [4.78, 5) is 17.1. The van der Waals surface area contributed by atoms with Crippen LogP contribution in [-0.2, 0) is 4.74 Å². The maximum Gasteiger partial charge on any atom is 0.340 e. The van der Waals surface area contributed by atoms with E-state index < -0.39 is 0 Å². The zero-order valence-corrected chi connectivity index (χ0v) is 15.3. The summed E-state index contributed by atoms with van der Waals surface area (Å²) in [5.74, 6) is -0.381. The Balaban J connectivity index is 1.84. The highest BCUT2D eigenvalue weighted by atomic mass is 16.5. The average molecular weight is 353 g/mol. The number of esters is 1. The van der Waals surface area contributed by atoms with Crippen LogP contribution in [0.25, 0.3) is 33.3 Å². The summed E-state index contributed by atoms with van der Waals surface area (Å²) in [7, 11) is 1.39. The Kier molecular flexibility index (Phi) is 4.43. The van der Waals surface area contributed by atoms with Gasteiger partial charge in [0, 0.05) is 10.9 Å². The Morgan fingerprint density at radius 1 is 0.815 bits per heavy atom. The monoisotopic (exact) mass is 353 g/mol. The third-order valence-electron chi connectivity index (χ3n) is 4.64. The number of benzene rings is 3. The zero-order chi connectivity index (χ0) is 18.8. The highest BCUT2D eigenvalue weighted by molar-refractivity contribution is 6.00. The number of hydrogen-bond acceptors (Lipinski definition) is 3. The van der Waals surface area contributed by atoms with Gasteiger partial charge in [-0.1, -0.05) is 66.2 Å². The average Bonchev–Trinajstić information content (AvgIpc) is 2.73. The molecule has 0 saturated heterocycles. The van der Waals surface area contributed by atoms with Gasteiger partial charge in [-0.15, -0.1) is 0 Å². The lowest BCUT2D eigenvalue weighted by molar-refractivity contribution is 0.0601.